The number of fused-ring (bicyclic) bond motifs is 1. The van der Waals surface area contributed by atoms with E-state index in [1.54, 1.807) is 11.3 Å². The van der Waals surface area contributed by atoms with E-state index in [4.69, 9.17) is 5.73 Å². The summed E-state index contributed by atoms with van der Waals surface area (Å²) in [4.78, 5) is 28.7. The Balaban J connectivity index is 0.00000225. The number of halogens is 1. The average Bonchev–Trinajstić information content (AvgIpc) is 3.21. The number of thiophene rings is 1. The van der Waals surface area contributed by atoms with E-state index < -0.39 is 6.04 Å². The summed E-state index contributed by atoms with van der Waals surface area (Å²) < 4.78 is 0. The molecule has 0 bridgehead atoms. The zero-order valence-corrected chi connectivity index (χ0v) is 16.3. The molecule has 1 aliphatic carbocycles. The molecule has 7 heteroatoms. The fourth-order valence-electron chi connectivity index (χ4n) is 3.75. The molecule has 140 valence electrons. The molecular weight excluding hydrogens is 358 g/mol. The van der Waals surface area contributed by atoms with Crippen LogP contribution in [0.25, 0.3) is 0 Å². The van der Waals surface area contributed by atoms with Gasteiger partial charge >= 0.3 is 0 Å². The Morgan fingerprint density at radius 1 is 1.44 bits per heavy atom. The number of hydrogen-bond donors (Lipinski definition) is 2. The number of carbonyl (C=O) groups excluding carboxylic acids is 2. The van der Waals surface area contributed by atoms with Crippen molar-refractivity contribution in [1.29, 1.82) is 0 Å². The molecule has 1 aromatic rings. The number of amides is 2. The molecule has 2 heterocycles. The zero-order valence-electron chi connectivity index (χ0n) is 14.7. The van der Waals surface area contributed by atoms with Gasteiger partial charge in [0, 0.05) is 29.9 Å². The van der Waals surface area contributed by atoms with Gasteiger partial charge in [-0.05, 0) is 49.1 Å². The molecule has 1 fully saturated rings. The Morgan fingerprint density at radius 3 is 2.92 bits per heavy atom. The smallest absolute Gasteiger partial charge is 0.245 e. The molecule has 1 aromatic heterocycles. The van der Waals surface area contributed by atoms with Gasteiger partial charge in [-0.25, -0.2) is 0 Å². The Labute approximate surface area is 159 Å². The van der Waals surface area contributed by atoms with Gasteiger partial charge in [0.15, 0.2) is 0 Å². The van der Waals surface area contributed by atoms with Crippen LogP contribution in [0.2, 0.25) is 0 Å². The highest BCUT2D eigenvalue weighted by atomic mass is 35.5. The Hall–Kier alpha value is -1.11. The highest BCUT2D eigenvalue weighted by Gasteiger charge is 2.32. The van der Waals surface area contributed by atoms with Crippen LogP contribution >= 0.6 is 23.7 Å². The van der Waals surface area contributed by atoms with Crippen molar-refractivity contribution in [2.75, 3.05) is 6.54 Å². The summed E-state index contributed by atoms with van der Waals surface area (Å²) in [5.74, 6) is 0.0318. The van der Waals surface area contributed by atoms with E-state index in [1.165, 1.54) is 10.4 Å². The molecule has 0 saturated heterocycles. The van der Waals surface area contributed by atoms with Gasteiger partial charge in [-0.15, -0.1) is 23.7 Å². The van der Waals surface area contributed by atoms with Gasteiger partial charge in [0.05, 0.1) is 0 Å². The monoisotopic (exact) mass is 385 g/mol. The van der Waals surface area contributed by atoms with Crippen molar-refractivity contribution in [2.24, 2.45) is 11.7 Å². The summed E-state index contributed by atoms with van der Waals surface area (Å²) in [7, 11) is 0. The fraction of sp³-hybridized carbons (Fsp3) is 0.667. The first-order valence-electron chi connectivity index (χ1n) is 8.98. The molecule has 2 amide bonds. The van der Waals surface area contributed by atoms with Crippen LogP contribution in [0.1, 0.15) is 49.5 Å². The van der Waals surface area contributed by atoms with E-state index in [9.17, 15) is 9.59 Å². The van der Waals surface area contributed by atoms with Crippen LogP contribution < -0.4 is 11.1 Å². The summed E-state index contributed by atoms with van der Waals surface area (Å²) in [5, 5.41) is 5.10. The zero-order chi connectivity index (χ0) is 17.1. The highest BCUT2D eigenvalue weighted by Crippen LogP contribution is 2.26. The van der Waals surface area contributed by atoms with Crippen molar-refractivity contribution in [3.63, 3.8) is 0 Å². The number of rotatable bonds is 5. The lowest BCUT2D eigenvalue weighted by Crippen LogP contribution is -2.50. The minimum absolute atomic E-state index is 0. The van der Waals surface area contributed by atoms with Crippen LogP contribution in [0.15, 0.2) is 11.4 Å². The van der Waals surface area contributed by atoms with Crippen LogP contribution in [-0.2, 0) is 22.6 Å². The van der Waals surface area contributed by atoms with Crippen molar-refractivity contribution < 1.29 is 9.59 Å². The Morgan fingerprint density at radius 2 is 2.24 bits per heavy atom. The van der Waals surface area contributed by atoms with Crippen LogP contribution in [0.4, 0.5) is 0 Å². The first kappa shape index (κ1) is 20.2. The molecule has 0 radical (unpaired) electrons. The van der Waals surface area contributed by atoms with Crippen LogP contribution in [0.5, 0.6) is 0 Å². The van der Waals surface area contributed by atoms with E-state index in [1.807, 2.05) is 11.8 Å². The average molecular weight is 386 g/mol. The lowest BCUT2D eigenvalue weighted by molar-refractivity contribution is -0.138. The van der Waals surface area contributed by atoms with Crippen LogP contribution in [0.3, 0.4) is 0 Å². The number of nitrogens with two attached hydrogens (primary N) is 1. The molecule has 3 atom stereocenters. The van der Waals surface area contributed by atoms with Gasteiger partial charge in [0.2, 0.25) is 11.8 Å². The maximum absolute atomic E-state index is 12.9. The molecule has 2 aliphatic rings. The summed E-state index contributed by atoms with van der Waals surface area (Å²) >= 11 is 1.77. The second-order valence-corrected chi connectivity index (χ2v) is 8.00. The number of hydrogen-bond acceptors (Lipinski definition) is 4. The van der Waals surface area contributed by atoms with Gasteiger partial charge in [-0.2, -0.15) is 0 Å². The van der Waals surface area contributed by atoms with Crippen molar-refractivity contribution in [1.82, 2.24) is 10.2 Å². The van der Waals surface area contributed by atoms with Gasteiger partial charge in [0.25, 0.3) is 0 Å². The minimum atomic E-state index is -0.403. The third kappa shape index (κ3) is 4.74. The van der Waals surface area contributed by atoms with E-state index in [0.717, 1.165) is 38.6 Å². The third-order valence-electron chi connectivity index (χ3n) is 5.16. The van der Waals surface area contributed by atoms with Crippen molar-refractivity contribution in [3.8, 4) is 0 Å². The lowest BCUT2D eigenvalue weighted by Gasteiger charge is -2.31. The predicted molar refractivity (Wildman–Crippen MR) is 103 cm³/mol. The maximum Gasteiger partial charge on any atom is 0.245 e. The van der Waals surface area contributed by atoms with Crippen molar-refractivity contribution in [3.05, 3.63) is 21.9 Å². The van der Waals surface area contributed by atoms with Gasteiger partial charge in [-0.3, -0.25) is 9.59 Å². The first-order chi connectivity index (χ1) is 11.6. The van der Waals surface area contributed by atoms with Gasteiger partial charge in [-0.1, -0.05) is 13.3 Å². The second-order valence-electron chi connectivity index (χ2n) is 7.00. The largest absolute Gasteiger partial charge is 0.344 e. The van der Waals surface area contributed by atoms with Crippen molar-refractivity contribution >= 4 is 35.6 Å². The molecule has 0 spiro atoms. The van der Waals surface area contributed by atoms with Crippen LogP contribution in [-0.4, -0.2) is 35.3 Å². The summed E-state index contributed by atoms with van der Waals surface area (Å²) in [6, 6.07) is 1.83. The standard InChI is InChI=1S/C18H27N3O2S.ClH/c1-2-3-15(20-17(22)12-4-5-14(19)10-12)18(23)21-8-6-16-13(11-21)7-9-24-16;/h7,9,12,14-15H,2-6,8,10-11,19H2,1H3,(H,20,22);1H. The Kier molecular flexibility index (Phi) is 7.28. The summed E-state index contributed by atoms with van der Waals surface area (Å²) in [6.07, 6.45) is 4.96. The molecular formula is C18H28ClN3O2S. The van der Waals surface area contributed by atoms with Gasteiger partial charge in [0.1, 0.15) is 6.04 Å². The molecule has 5 nitrogen and oxygen atoms in total. The van der Waals surface area contributed by atoms with E-state index >= 15 is 0 Å². The molecule has 0 aromatic carbocycles. The van der Waals surface area contributed by atoms with Crippen LogP contribution in [0, 0.1) is 5.92 Å². The normalized spacial score (nSPS) is 23.5. The van der Waals surface area contributed by atoms with E-state index in [2.05, 4.69) is 16.8 Å². The summed E-state index contributed by atoms with van der Waals surface area (Å²) in [6.45, 7) is 3.46. The van der Waals surface area contributed by atoms with E-state index in [0.29, 0.717) is 13.0 Å². The molecule has 25 heavy (non-hydrogen) atoms. The maximum atomic E-state index is 12.9. The van der Waals surface area contributed by atoms with Crippen molar-refractivity contribution in [2.45, 2.75) is 64.1 Å². The lowest BCUT2D eigenvalue weighted by atomic mass is 10.0. The van der Waals surface area contributed by atoms with E-state index in [-0.39, 0.29) is 36.2 Å². The molecule has 3 rings (SSSR count). The second kappa shape index (κ2) is 9.01. The number of carbonyl (C=O) groups is 2. The Bertz CT molecular complexity index is 607. The topological polar surface area (TPSA) is 75.4 Å². The summed E-state index contributed by atoms with van der Waals surface area (Å²) in [5.41, 5.74) is 7.16. The predicted octanol–water partition coefficient (Wildman–Crippen LogP) is 2.47. The number of nitrogens with zero attached hydrogens (tertiary/aromatic N) is 1. The SMILES string of the molecule is CCCC(NC(=O)C1CCC(N)C1)C(=O)N1CCc2sccc2C1.Cl. The number of nitrogens with one attached hydrogen (secondary N) is 1. The molecule has 1 aliphatic heterocycles. The molecule has 3 N–H and O–H groups in total. The first-order valence-corrected chi connectivity index (χ1v) is 9.86. The van der Waals surface area contributed by atoms with Gasteiger partial charge < -0.3 is 16.0 Å². The minimum Gasteiger partial charge on any atom is -0.344 e. The fourth-order valence-corrected chi connectivity index (χ4v) is 4.64. The molecule has 1 saturated carbocycles. The highest BCUT2D eigenvalue weighted by molar-refractivity contribution is 7.10. The molecule has 3 unspecified atom stereocenters. The quantitative estimate of drug-likeness (QED) is 0.817. The third-order valence-corrected chi connectivity index (χ3v) is 6.18.